The molecule has 0 unspecified atom stereocenters. The van der Waals surface area contributed by atoms with E-state index in [0.717, 1.165) is 17.4 Å². The molecule has 0 aliphatic rings. The van der Waals surface area contributed by atoms with E-state index in [-0.39, 0.29) is 0 Å². The van der Waals surface area contributed by atoms with Gasteiger partial charge in [-0.3, -0.25) is 0 Å². The van der Waals surface area contributed by atoms with Crippen molar-refractivity contribution in [2.45, 2.75) is 6.42 Å². The van der Waals surface area contributed by atoms with Crippen LogP contribution in [0.4, 0.5) is 0 Å². The smallest absolute Gasteiger partial charge is 0.103 e. The van der Waals surface area contributed by atoms with Crippen molar-refractivity contribution >= 4 is 13.3 Å². The van der Waals surface area contributed by atoms with E-state index in [2.05, 4.69) is 6.58 Å². The first-order valence-electron chi connectivity index (χ1n) is 3.29. The summed E-state index contributed by atoms with van der Waals surface area (Å²) in [6.07, 6.45) is 2.71. The Bertz CT molecular complexity index is 228. The molecule has 0 saturated heterocycles. The highest BCUT2D eigenvalue weighted by Gasteiger charge is 1.90. The van der Waals surface area contributed by atoms with Crippen LogP contribution in [-0.4, -0.2) is 7.85 Å². The lowest BCUT2D eigenvalue weighted by atomic mass is 9.89. The molecule has 10 heavy (non-hydrogen) atoms. The van der Waals surface area contributed by atoms with E-state index in [1.807, 2.05) is 30.3 Å². The van der Waals surface area contributed by atoms with Gasteiger partial charge in [0.25, 0.3) is 0 Å². The minimum atomic E-state index is 0.849. The first kappa shape index (κ1) is 7.14. The summed E-state index contributed by atoms with van der Waals surface area (Å²) in [4.78, 5) is 0. The quantitative estimate of drug-likeness (QED) is 0.414. The summed E-state index contributed by atoms with van der Waals surface area (Å²) in [6.45, 7) is 3.64. The summed E-state index contributed by atoms with van der Waals surface area (Å²) in [5.41, 5.74) is 2.00. The molecule has 0 aromatic heterocycles. The van der Waals surface area contributed by atoms with Crippen LogP contribution in [-0.2, 0) is 6.42 Å². The zero-order valence-corrected chi connectivity index (χ0v) is 5.88. The molecular weight excluding hydrogens is 119 g/mol. The third kappa shape index (κ3) is 1.50. The highest BCUT2D eigenvalue weighted by molar-refractivity contribution is 6.33. The monoisotopic (exact) mass is 128 g/mol. The third-order valence-corrected chi connectivity index (χ3v) is 1.42. The van der Waals surface area contributed by atoms with Crippen LogP contribution in [0.3, 0.4) is 0 Å². The summed E-state index contributed by atoms with van der Waals surface area (Å²) >= 11 is 0. The first-order chi connectivity index (χ1) is 4.84. The highest BCUT2D eigenvalue weighted by atomic mass is 13.9. The Morgan fingerprint density at radius 3 is 2.70 bits per heavy atom. The van der Waals surface area contributed by atoms with Gasteiger partial charge >= 0.3 is 0 Å². The highest BCUT2D eigenvalue weighted by Crippen LogP contribution is 1.95. The minimum Gasteiger partial charge on any atom is -0.103 e. The first-order valence-corrected chi connectivity index (χ1v) is 3.29. The van der Waals surface area contributed by atoms with Crippen molar-refractivity contribution in [2.24, 2.45) is 0 Å². The summed E-state index contributed by atoms with van der Waals surface area (Å²) in [5.74, 6) is 0. The molecule has 0 atom stereocenters. The van der Waals surface area contributed by atoms with Gasteiger partial charge in [-0.2, -0.15) is 0 Å². The van der Waals surface area contributed by atoms with Crippen LogP contribution in [0.5, 0.6) is 0 Å². The number of benzene rings is 1. The molecule has 0 heterocycles. The number of hydrogen-bond acceptors (Lipinski definition) is 0. The van der Waals surface area contributed by atoms with Crippen molar-refractivity contribution in [3.05, 3.63) is 42.5 Å². The van der Waals surface area contributed by atoms with Crippen molar-refractivity contribution < 1.29 is 0 Å². The fourth-order valence-corrected chi connectivity index (χ4v) is 0.876. The molecule has 2 radical (unpaired) electrons. The summed E-state index contributed by atoms with van der Waals surface area (Å²) in [6, 6.07) is 7.83. The van der Waals surface area contributed by atoms with Gasteiger partial charge in [-0.05, 0) is 6.42 Å². The van der Waals surface area contributed by atoms with Gasteiger partial charge in [0.1, 0.15) is 7.85 Å². The molecule has 0 aliphatic heterocycles. The van der Waals surface area contributed by atoms with E-state index in [4.69, 9.17) is 7.85 Å². The second-order valence-electron chi connectivity index (χ2n) is 2.19. The molecule has 1 rings (SSSR count). The van der Waals surface area contributed by atoms with Crippen LogP contribution >= 0.6 is 0 Å². The van der Waals surface area contributed by atoms with Crippen LogP contribution in [0.15, 0.2) is 36.9 Å². The molecule has 0 saturated carbocycles. The number of allylic oxidation sites excluding steroid dienone is 1. The number of hydrogen-bond donors (Lipinski definition) is 0. The summed E-state index contributed by atoms with van der Waals surface area (Å²) in [7, 11) is 5.66. The van der Waals surface area contributed by atoms with E-state index in [0.29, 0.717) is 0 Å². The molecule has 1 aromatic rings. The zero-order chi connectivity index (χ0) is 7.40. The molecule has 1 aromatic carbocycles. The maximum atomic E-state index is 5.66. The summed E-state index contributed by atoms with van der Waals surface area (Å²) < 4.78 is 0. The van der Waals surface area contributed by atoms with E-state index >= 15 is 0 Å². The van der Waals surface area contributed by atoms with Crippen LogP contribution in [0.1, 0.15) is 5.56 Å². The van der Waals surface area contributed by atoms with Crippen molar-refractivity contribution in [2.75, 3.05) is 0 Å². The summed E-state index contributed by atoms with van der Waals surface area (Å²) in [5, 5.41) is 0. The average Bonchev–Trinajstić information content (AvgIpc) is 1.94. The van der Waals surface area contributed by atoms with Gasteiger partial charge in [0, 0.05) is 0 Å². The van der Waals surface area contributed by atoms with Gasteiger partial charge in [-0.25, -0.2) is 0 Å². The molecule has 0 spiro atoms. The standard InChI is InChI=1S/C9H9B/c1-2-5-8-6-3-4-7-9(8)10/h2-4,6-7H,1,5H2. The van der Waals surface area contributed by atoms with Crippen LogP contribution in [0.25, 0.3) is 0 Å². The Morgan fingerprint density at radius 2 is 2.10 bits per heavy atom. The lowest BCUT2D eigenvalue weighted by Gasteiger charge is -1.99. The largest absolute Gasteiger partial charge is 0.114 e. The van der Waals surface area contributed by atoms with Gasteiger partial charge in [0.05, 0.1) is 0 Å². The van der Waals surface area contributed by atoms with Gasteiger partial charge < -0.3 is 0 Å². The molecule has 0 amide bonds. The molecule has 0 fully saturated rings. The molecule has 48 valence electrons. The van der Waals surface area contributed by atoms with Crippen LogP contribution < -0.4 is 5.46 Å². The van der Waals surface area contributed by atoms with Crippen LogP contribution in [0, 0.1) is 0 Å². The van der Waals surface area contributed by atoms with Crippen molar-refractivity contribution in [1.82, 2.24) is 0 Å². The lowest BCUT2D eigenvalue weighted by molar-refractivity contribution is 1.30. The van der Waals surface area contributed by atoms with Gasteiger partial charge in [0.15, 0.2) is 0 Å². The molecule has 0 bridgehead atoms. The topological polar surface area (TPSA) is 0 Å². The molecular formula is C9H9B. The fourth-order valence-electron chi connectivity index (χ4n) is 0.876. The molecule has 0 aliphatic carbocycles. The Morgan fingerprint density at radius 1 is 1.40 bits per heavy atom. The van der Waals surface area contributed by atoms with E-state index in [1.165, 1.54) is 0 Å². The van der Waals surface area contributed by atoms with Gasteiger partial charge in [-0.15, -0.1) is 6.58 Å². The normalized spacial score (nSPS) is 9.20. The van der Waals surface area contributed by atoms with Crippen LogP contribution in [0.2, 0.25) is 0 Å². The SMILES string of the molecule is [B]c1ccccc1CC=C. The van der Waals surface area contributed by atoms with E-state index in [1.54, 1.807) is 0 Å². The Labute approximate surface area is 63.0 Å². The Kier molecular flexibility index (Phi) is 2.32. The average molecular weight is 128 g/mol. The van der Waals surface area contributed by atoms with Crippen molar-refractivity contribution in [3.8, 4) is 0 Å². The Balaban J connectivity index is 2.91. The third-order valence-electron chi connectivity index (χ3n) is 1.42. The van der Waals surface area contributed by atoms with Gasteiger partial charge in [-0.1, -0.05) is 41.4 Å². The van der Waals surface area contributed by atoms with E-state index < -0.39 is 0 Å². The number of rotatable bonds is 2. The van der Waals surface area contributed by atoms with Crippen molar-refractivity contribution in [3.63, 3.8) is 0 Å². The predicted molar refractivity (Wildman–Crippen MR) is 45.7 cm³/mol. The van der Waals surface area contributed by atoms with E-state index in [9.17, 15) is 0 Å². The molecule has 0 nitrogen and oxygen atoms in total. The van der Waals surface area contributed by atoms with Crippen molar-refractivity contribution in [1.29, 1.82) is 0 Å². The lowest BCUT2D eigenvalue weighted by Crippen LogP contribution is -2.07. The maximum Gasteiger partial charge on any atom is 0.114 e. The minimum absolute atomic E-state index is 0.849. The van der Waals surface area contributed by atoms with Gasteiger partial charge in [0.2, 0.25) is 0 Å². The Hall–Kier alpha value is -0.975. The predicted octanol–water partition coefficient (Wildman–Crippen LogP) is 1.21. The molecule has 1 heteroatoms. The second-order valence-corrected chi connectivity index (χ2v) is 2.19. The molecule has 0 N–H and O–H groups in total. The maximum absolute atomic E-state index is 5.66. The second kappa shape index (κ2) is 3.26. The zero-order valence-electron chi connectivity index (χ0n) is 5.88. The fraction of sp³-hybridized carbons (Fsp3) is 0.111.